The van der Waals surface area contributed by atoms with Gasteiger partial charge in [0.25, 0.3) is 0 Å². The topological polar surface area (TPSA) is 12.0 Å². The van der Waals surface area contributed by atoms with Gasteiger partial charge < -0.3 is 5.32 Å². The second kappa shape index (κ2) is 7.50. The summed E-state index contributed by atoms with van der Waals surface area (Å²) in [6.45, 7) is 7.87. The molecule has 0 aliphatic carbocycles. The fraction of sp³-hybridized carbons (Fsp3) is 0.625. The van der Waals surface area contributed by atoms with E-state index in [1.807, 2.05) is 0 Å². The summed E-state index contributed by atoms with van der Waals surface area (Å²) >= 11 is 0. The Hall–Kier alpha value is -0.820. The Bertz CT molecular complexity index is 315. The third-order valence-corrected chi connectivity index (χ3v) is 3.74. The molecule has 1 aromatic rings. The van der Waals surface area contributed by atoms with Gasteiger partial charge in [0.2, 0.25) is 0 Å². The molecule has 1 atom stereocenters. The van der Waals surface area contributed by atoms with E-state index in [4.69, 9.17) is 0 Å². The van der Waals surface area contributed by atoms with Crippen LogP contribution in [0.25, 0.3) is 0 Å². The van der Waals surface area contributed by atoms with E-state index in [2.05, 4.69) is 57.4 Å². The monoisotopic (exact) mass is 233 g/mol. The first-order chi connectivity index (χ1) is 8.21. The number of rotatable bonds is 7. The van der Waals surface area contributed by atoms with E-state index in [0.717, 1.165) is 12.5 Å². The molecule has 0 radical (unpaired) electrons. The fourth-order valence-electron chi connectivity index (χ4n) is 2.53. The molecule has 1 rings (SSSR count). The molecule has 1 aromatic carbocycles. The zero-order valence-electron chi connectivity index (χ0n) is 11.8. The van der Waals surface area contributed by atoms with Crippen LogP contribution in [0.1, 0.15) is 50.2 Å². The van der Waals surface area contributed by atoms with Gasteiger partial charge >= 0.3 is 0 Å². The minimum absolute atomic E-state index is 0.657. The van der Waals surface area contributed by atoms with Crippen LogP contribution in [-0.2, 0) is 0 Å². The lowest BCUT2D eigenvalue weighted by Crippen LogP contribution is -2.19. The molecule has 1 N–H and O–H groups in total. The molecule has 0 bridgehead atoms. The van der Waals surface area contributed by atoms with Gasteiger partial charge in [-0.1, -0.05) is 56.5 Å². The molecular formula is C16H27N. The zero-order chi connectivity index (χ0) is 12.7. The molecule has 0 saturated carbocycles. The minimum atomic E-state index is 0.657. The molecular weight excluding hydrogens is 206 g/mol. The highest BCUT2D eigenvalue weighted by Crippen LogP contribution is 2.27. The highest BCUT2D eigenvalue weighted by molar-refractivity contribution is 5.25. The summed E-state index contributed by atoms with van der Waals surface area (Å²) in [5.41, 5.74) is 2.86. The highest BCUT2D eigenvalue weighted by Gasteiger charge is 2.15. The van der Waals surface area contributed by atoms with Crippen LogP contribution in [0.3, 0.4) is 0 Å². The van der Waals surface area contributed by atoms with Crippen molar-refractivity contribution in [3.8, 4) is 0 Å². The van der Waals surface area contributed by atoms with Crippen LogP contribution in [0.4, 0.5) is 0 Å². The molecule has 1 unspecified atom stereocenters. The van der Waals surface area contributed by atoms with E-state index in [1.165, 1.54) is 30.4 Å². The second-order valence-electron chi connectivity index (χ2n) is 5.09. The number of aryl methyl sites for hydroxylation is 1. The average Bonchev–Trinajstić information content (AvgIpc) is 2.34. The molecule has 17 heavy (non-hydrogen) atoms. The summed E-state index contributed by atoms with van der Waals surface area (Å²) in [5, 5.41) is 3.34. The molecule has 0 aliphatic rings. The van der Waals surface area contributed by atoms with Gasteiger partial charge in [0, 0.05) is 6.54 Å². The first-order valence-corrected chi connectivity index (χ1v) is 6.92. The van der Waals surface area contributed by atoms with Crippen LogP contribution in [0, 0.1) is 12.8 Å². The second-order valence-corrected chi connectivity index (χ2v) is 5.09. The van der Waals surface area contributed by atoms with Gasteiger partial charge in [0.05, 0.1) is 0 Å². The average molecular weight is 233 g/mol. The number of hydrogen-bond donors (Lipinski definition) is 1. The fourth-order valence-corrected chi connectivity index (χ4v) is 2.53. The lowest BCUT2D eigenvalue weighted by molar-refractivity contribution is 0.403. The maximum absolute atomic E-state index is 3.34. The van der Waals surface area contributed by atoms with E-state index >= 15 is 0 Å². The summed E-state index contributed by atoms with van der Waals surface area (Å²) in [4.78, 5) is 0. The highest BCUT2D eigenvalue weighted by atomic mass is 14.8. The van der Waals surface area contributed by atoms with E-state index in [1.54, 1.807) is 0 Å². The summed E-state index contributed by atoms with van der Waals surface area (Å²) in [5.74, 6) is 1.51. The Morgan fingerprint density at radius 2 is 1.88 bits per heavy atom. The molecule has 0 fully saturated rings. The molecule has 96 valence electrons. The smallest absolute Gasteiger partial charge is 0.00172 e. The van der Waals surface area contributed by atoms with E-state index in [-0.39, 0.29) is 0 Å². The lowest BCUT2D eigenvalue weighted by atomic mass is 9.85. The number of hydrogen-bond acceptors (Lipinski definition) is 1. The molecule has 0 saturated heterocycles. The van der Waals surface area contributed by atoms with Crippen molar-refractivity contribution in [3.63, 3.8) is 0 Å². The van der Waals surface area contributed by atoms with E-state index in [9.17, 15) is 0 Å². The molecule has 1 heteroatoms. The SMILES string of the molecule is CCC(CC)CC(CNC)c1cccc(C)c1. The van der Waals surface area contributed by atoms with Gasteiger partial charge in [-0.25, -0.2) is 0 Å². The van der Waals surface area contributed by atoms with Gasteiger partial charge in [0.1, 0.15) is 0 Å². The third-order valence-electron chi connectivity index (χ3n) is 3.74. The third kappa shape index (κ3) is 4.51. The van der Waals surface area contributed by atoms with Crippen molar-refractivity contribution < 1.29 is 0 Å². The van der Waals surface area contributed by atoms with Gasteiger partial charge in [0.15, 0.2) is 0 Å². The van der Waals surface area contributed by atoms with Crippen molar-refractivity contribution in [1.82, 2.24) is 5.32 Å². The number of benzene rings is 1. The normalized spacial score (nSPS) is 13.0. The predicted octanol–water partition coefficient (Wildman–Crippen LogP) is 4.12. The first-order valence-electron chi connectivity index (χ1n) is 6.92. The summed E-state index contributed by atoms with van der Waals surface area (Å²) in [7, 11) is 2.05. The Balaban J connectivity index is 2.77. The Labute approximate surface area is 107 Å². The van der Waals surface area contributed by atoms with Crippen molar-refractivity contribution in [3.05, 3.63) is 35.4 Å². The van der Waals surface area contributed by atoms with E-state index in [0.29, 0.717) is 5.92 Å². The van der Waals surface area contributed by atoms with Crippen molar-refractivity contribution in [1.29, 1.82) is 0 Å². The van der Waals surface area contributed by atoms with E-state index < -0.39 is 0 Å². The summed E-state index contributed by atoms with van der Waals surface area (Å²) < 4.78 is 0. The number of likely N-dealkylation sites (N-methyl/N-ethyl adjacent to an activating group) is 1. The van der Waals surface area contributed by atoms with Crippen molar-refractivity contribution >= 4 is 0 Å². The van der Waals surface area contributed by atoms with Crippen LogP contribution >= 0.6 is 0 Å². The van der Waals surface area contributed by atoms with Crippen LogP contribution in [0.2, 0.25) is 0 Å². The number of nitrogens with one attached hydrogen (secondary N) is 1. The Kier molecular flexibility index (Phi) is 6.28. The van der Waals surface area contributed by atoms with Crippen LogP contribution < -0.4 is 5.32 Å². The molecule has 0 heterocycles. The van der Waals surface area contributed by atoms with Gasteiger partial charge in [-0.05, 0) is 37.8 Å². The van der Waals surface area contributed by atoms with Gasteiger partial charge in [-0.3, -0.25) is 0 Å². The largest absolute Gasteiger partial charge is 0.319 e. The Morgan fingerprint density at radius 1 is 1.18 bits per heavy atom. The van der Waals surface area contributed by atoms with Crippen molar-refractivity contribution in [2.75, 3.05) is 13.6 Å². The Morgan fingerprint density at radius 3 is 2.41 bits per heavy atom. The lowest BCUT2D eigenvalue weighted by Gasteiger charge is -2.22. The molecule has 1 nitrogen and oxygen atoms in total. The molecule has 0 aromatic heterocycles. The first kappa shape index (κ1) is 14.2. The van der Waals surface area contributed by atoms with Crippen molar-refractivity contribution in [2.24, 2.45) is 5.92 Å². The molecule has 0 aliphatic heterocycles. The van der Waals surface area contributed by atoms with Crippen LogP contribution in [0.5, 0.6) is 0 Å². The van der Waals surface area contributed by atoms with Gasteiger partial charge in [-0.2, -0.15) is 0 Å². The molecule has 0 amide bonds. The maximum Gasteiger partial charge on any atom is 0.00172 e. The standard InChI is InChI=1S/C16H27N/c1-5-14(6-2)11-16(12-17-4)15-9-7-8-13(3)10-15/h7-10,14,16-17H,5-6,11-12H2,1-4H3. The maximum atomic E-state index is 3.34. The van der Waals surface area contributed by atoms with Crippen LogP contribution in [-0.4, -0.2) is 13.6 Å². The predicted molar refractivity (Wildman–Crippen MR) is 76.5 cm³/mol. The minimum Gasteiger partial charge on any atom is -0.319 e. The molecule has 0 spiro atoms. The van der Waals surface area contributed by atoms with Gasteiger partial charge in [-0.15, -0.1) is 0 Å². The summed E-state index contributed by atoms with van der Waals surface area (Å²) in [6, 6.07) is 8.97. The van der Waals surface area contributed by atoms with Crippen molar-refractivity contribution in [2.45, 2.75) is 46.0 Å². The van der Waals surface area contributed by atoms with Crippen LogP contribution in [0.15, 0.2) is 24.3 Å². The quantitative estimate of drug-likeness (QED) is 0.747. The zero-order valence-corrected chi connectivity index (χ0v) is 11.8. The summed E-state index contributed by atoms with van der Waals surface area (Å²) in [6.07, 6.45) is 3.89.